The number of nitrogens with one attached hydrogen (secondary N) is 1. The lowest BCUT2D eigenvalue weighted by Gasteiger charge is -2.18. The van der Waals surface area contributed by atoms with Crippen LogP contribution in [0.5, 0.6) is 0 Å². The minimum atomic E-state index is -3.44. The van der Waals surface area contributed by atoms with E-state index in [1.54, 1.807) is 12.1 Å². The number of thiophene rings is 1. The minimum absolute atomic E-state index is 0.295. The molecule has 0 unspecified atom stereocenters. The molecule has 23 heavy (non-hydrogen) atoms. The molecular weight excluding hydrogens is 396 g/mol. The van der Waals surface area contributed by atoms with Crippen LogP contribution < -0.4 is 4.72 Å². The van der Waals surface area contributed by atoms with Crippen molar-refractivity contribution in [2.75, 3.05) is 13.1 Å². The lowest BCUT2D eigenvalue weighted by molar-refractivity contribution is 0.296. The highest BCUT2D eigenvalue weighted by atomic mass is 79.9. The summed E-state index contributed by atoms with van der Waals surface area (Å²) in [5.41, 5.74) is 2.19. The lowest BCUT2D eigenvalue weighted by Crippen LogP contribution is -2.23. The molecule has 0 aliphatic heterocycles. The smallest absolute Gasteiger partial charge is 0.250 e. The first-order valence-electron chi connectivity index (χ1n) is 7.49. The van der Waals surface area contributed by atoms with Gasteiger partial charge in [0.2, 0.25) is 10.0 Å². The van der Waals surface area contributed by atoms with Crippen LogP contribution in [0.25, 0.3) is 0 Å². The SMILES string of the molecule is CCN(CC)Cc1ccc(CNS(=O)(=O)c2ccc(Br)s2)cc1. The molecule has 0 bridgehead atoms. The van der Waals surface area contributed by atoms with Crippen LogP contribution >= 0.6 is 27.3 Å². The predicted octanol–water partition coefficient (Wildman–Crippen LogP) is 3.83. The molecule has 0 amide bonds. The van der Waals surface area contributed by atoms with Gasteiger partial charge >= 0.3 is 0 Å². The standard InChI is InChI=1S/C16H21BrN2O2S2/c1-3-19(4-2)12-14-7-5-13(6-8-14)11-18-23(20,21)16-10-9-15(17)22-16/h5-10,18H,3-4,11-12H2,1-2H3. The minimum Gasteiger partial charge on any atom is -0.300 e. The van der Waals surface area contributed by atoms with Crippen molar-refractivity contribution in [2.24, 2.45) is 0 Å². The van der Waals surface area contributed by atoms with Crippen LogP contribution in [-0.2, 0) is 23.1 Å². The summed E-state index contributed by atoms with van der Waals surface area (Å²) in [7, 11) is -3.44. The van der Waals surface area contributed by atoms with E-state index in [9.17, 15) is 8.42 Å². The highest BCUT2D eigenvalue weighted by Gasteiger charge is 2.15. The second-order valence-corrected chi connectivity index (χ2v) is 9.62. The van der Waals surface area contributed by atoms with Crippen molar-refractivity contribution >= 4 is 37.3 Å². The lowest BCUT2D eigenvalue weighted by atomic mass is 10.1. The highest BCUT2D eigenvalue weighted by molar-refractivity contribution is 9.11. The van der Waals surface area contributed by atoms with E-state index < -0.39 is 10.0 Å². The Kier molecular flexibility index (Phi) is 6.79. The van der Waals surface area contributed by atoms with Gasteiger partial charge in [0.15, 0.2) is 0 Å². The van der Waals surface area contributed by atoms with Crippen molar-refractivity contribution < 1.29 is 8.42 Å². The molecule has 2 rings (SSSR count). The monoisotopic (exact) mass is 416 g/mol. The Bertz CT molecular complexity index is 723. The Labute approximate surface area is 150 Å². The van der Waals surface area contributed by atoms with Gasteiger partial charge in [0.05, 0.1) is 3.79 Å². The van der Waals surface area contributed by atoms with E-state index in [2.05, 4.69) is 51.5 Å². The van der Waals surface area contributed by atoms with Crippen LogP contribution in [0.4, 0.5) is 0 Å². The molecule has 1 heterocycles. The molecule has 1 aromatic heterocycles. The van der Waals surface area contributed by atoms with Crippen molar-refractivity contribution in [3.8, 4) is 0 Å². The second kappa shape index (κ2) is 8.39. The zero-order valence-electron chi connectivity index (χ0n) is 13.3. The normalized spacial score (nSPS) is 12.0. The first-order valence-corrected chi connectivity index (χ1v) is 10.6. The van der Waals surface area contributed by atoms with E-state index in [0.29, 0.717) is 10.8 Å². The zero-order chi connectivity index (χ0) is 16.9. The van der Waals surface area contributed by atoms with Crippen LogP contribution in [-0.4, -0.2) is 26.4 Å². The van der Waals surface area contributed by atoms with Crippen molar-refractivity contribution in [3.05, 3.63) is 51.3 Å². The average Bonchev–Trinajstić information content (AvgIpc) is 2.99. The van der Waals surface area contributed by atoms with Gasteiger partial charge in [-0.05, 0) is 52.3 Å². The van der Waals surface area contributed by atoms with Gasteiger partial charge in [-0.3, -0.25) is 4.90 Å². The summed E-state index contributed by atoms with van der Waals surface area (Å²) >= 11 is 4.49. The van der Waals surface area contributed by atoms with Gasteiger partial charge in [0, 0.05) is 13.1 Å². The number of hydrogen-bond donors (Lipinski definition) is 1. The van der Waals surface area contributed by atoms with Gasteiger partial charge in [0.25, 0.3) is 0 Å². The molecule has 0 spiro atoms. The number of halogens is 1. The molecule has 1 N–H and O–H groups in total. The Hall–Kier alpha value is -0.730. The van der Waals surface area contributed by atoms with E-state index >= 15 is 0 Å². The van der Waals surface area contributed by atoms with Gasteiger partial charge in [-0.1, -0.05) is 38.1 Å². The molecular formula is C16H21BrN2O2S2. The summed E-state index contributed by atoms with van der Waals surface area (Å²) in [6.07, 6.45) is 0. The number of benzene rings is 1. The Morgan fingerprint density at radius 2 is 1.65 bits per heavy atom. The Balaban J connectivity index is 1.96. The molecule has 0 aliphatic rings. The maximum atomic E-state index is 12.2. The third kappa shape index (κ3) is 5.39. The van der Waals surface area contributed by atoms with E-state index in [1.807, 2.05) is 12.1 Å². The molecule has 0 aliphatic carbocycles. The fraction of sp³-hybridized carbons (Fsp3) is 0.375. The largest absolute Gasteiger partial charge is 0.300 e. The van der Waals surface area contributed by atoms with Gasteiger partial charge in [0.1, 0.15) is 4.21 Å². The third-order valence-corrected chi connectivity index (χ3v) is 7.12. The van der Waals surface area contributed by atoms with Gasteiger partial charge in [-0.25, -0.2) is 13.1 Å². The zero-order valence-corrected chi connectivity index (χ0v) is 16.5. The first kappa shape index (κ1) is 18.6. The quantitative estimate of drug-likeness (QED) is 0.710. The first-order chi connectivity index (χ1) is 10.9. The van der Waals surface area contributed by atoms with E-state index in [1.165, 1.54) is 16.9 Å². The maximum absolute atomic E-state index is 12.2. The van der Waals surface area contributed by atoms with Crippen LogP contribution in [0.3, 0.4) is 0 Å². The van der Waals surface area contributed by atoms with Gasteiger partial charge < -0.3 is 0 Å². The van der Waals surface area contributed by atoms with E-state index in [0.717, 1.165) is 29.0 Å². The van der Waals surface area contributed by atoms with E-state index in [4.69, 9.17) is 0 Å². The maximum Gasteiger partial charge on any atom is 0.250 e. The molecule has 0 atom stereocenters. The molecule has 7 heteroatoms. The predicted molar refractivity (Wildman–Crippen MR) is 99.1 cm³/mol. The molecule has 1 aromatic carbocycles. The number of sulfonamides is 1. The Morgan fingerprint density at radius 1 is 1.04 bits per heavy atom. The summed E-state index contributed by atoms with van der Waals surface area (Å²) in [5.74, 6) is 0. The van der Waals surface area contributed by atoms with Crippen LogP contribution in [0.15, 0.2) is 44.4 Å². The van der Waals surface area contributed by atoms with Gasteiger partial charge in [-0.15, -0.1) is 11.3 Å². The molecule has 0 saturated carbocycles. The molecule has 0 radical (unpaired) electrons. The van der Waals surface area contributed by atoms with E-state index in [-0.39, 0.29) is 0 Å². The van der Waals surface area contributed by atoms with Gasteiger partial charge in [-0.2, -0.15) is 0 Å². The summed E-state index contributed by atoms with van der Waals surface area (Å²) in [6.45, 7) is 7.56. The van der Waals surface area contributed by atoms with Crippen LogP contribution in [0, 0.1) is 0 Å². The van der Waals surface area contributed by atoms with Crippen molar-refractivity contribution in [1.29, 1.82) is 0 Å². The topological polar surface area (TPSA) is 49.4 Å². The van der Waals surface area contributed by atoms with Crippen LogP contribution in [0.2, 0.25) is 0 Å². The second-order valence-electron chi connectivity index (χ2n) is 5.16. The highest BCUT2D eigenvalue weighted by Crippen LogP contribution is 2.25. The molecule has 0 saturated heterocycles. The molecule has 4 nitrogen and oxygen atoms in total. The third-order valence-electron chi connectivity index (χ3n) is 3.60. The van der Waals surface area contributed by atoms with Crippen molar-refractivity contribution in [2.45, 2.75) is 31.1 Å². The molecule has 2 aromatic rings. The molecule has 0 fully saturated rings. The summed E-state index contributed by atoms with van der Waals surface area (Å²) in [4.78, 5) is 2.34. The Morgan fingerprint density at radius 3 is 2.17 bits per heavy atom. The fourth-order valence-electron chi connectivity index (χ4n) is 2.16. The van der Waals surface area contributed by atoms with Crippen molar-refractivity contribution in [1.82, 2.24) is 9.62 Å². The average molecular weight is 417 g/mol. The summed E-state index contributed by atoms with van der Waals surface area (Å²) in [6, 6.07) is 11.4. The number of rotatable bonds is 8. The van der Waals surface area contributed by atoms with Crippen LogP contribution in [0.1, 0.15) is 25.0 Å². The molecule has 126 valence electrons. The number of hydrogen-bond acceptors (Lipinski definition) is 4. The summed E-state index contributed by atoms with van der Waals surface area (Å²) < 4.78 is 28.1. The summed E-state index contributed by atoms with van der Waals surface area (Å²) in [5, 5.41) is 0. The van der Waals surface area contributed by atoms with Crippen molar-refractivity contribution in [3.63, 3.8) is 0 Å². The fourth-order valence-corrected chi connectivity index (χ4v) is 5.23. The number of nitrogens with zero attached hydrogens (tertiary/aromatic N) is 1.